The number of benzene rings is 5. The lowest BCUT2D eigenvalue weighted by Crippen LogP contribution is -2.62. The van der Waals surface area contributed by atoms with E-state index in [-0.39, 0.29) is 95.3 Å². The maximum atomic E-state index is 15.0. The Morgan fingerprint density at radius 2 is 0.622 bits per heavy atom. The summed E-state index contributed by atoms with van der Waals surface area (Å²) in [7, 11) is 0. The first-order valence-corrected chi connectivity index (χ1v) is 24.6. The monoisotopic (exact) mass is 1010 g/mol. The molecule has 1 fully saturated rings. The van der Waals surface area contributed by atoms with E-state index in [4.69, 9.17) is 34.4 Å². The average molecular weight is 1010 g/mol. The predicted octanol–water partition coefficient (Wildman–Crippen LogP) is 0.104. The Morgan fingerprint density at radius 1 is 0.338 bits per heavy atom. The third-order valence-electron chi connectivity index (χ3n) is 12.4. The molecule has 21 nitrogen and oxygen atoms in total. The number of nitrogens with one attached hydrogen (secondary N) is 6. The van der Waals surface area contributed by atoms with Gasteiger partial charge < -0.3 is 66.3 Å². The molecule has 0 radical (unpaired) electrons. The highest BCUT2D eigenvalue weighted by Gasteiger charge is 2.35. The quantitative estimate of drug-likeness (QED) is 0.0316. The minimum absolute atomic E-state index is 0.00222. The molecule has 390 valence electrons. The second-order valence-corrected chi connectivity index (χ2v) is 18.2. The third-order valence-corrected chi connectivity index (χ3v) is 12.4. The molecule has 21 heteroatoms. The molecule has 1 aliphatic heterocycles. The number of hydrogen-bond acceptors (Lipinski definition) is 9. The Morgan fingerprint density at radius 3 is 0.959 bits per heavy atom. The lowest BCUT2D eigenvalue weighted by Gasteiger charge is -2.29. The number of carbonyl (C=O) groups is 6. The number of carbonyl (C=O) groups excluding carboxylic acids is 6. The number of rotatable bonds is 18. The van der Waals surface area contributed by atoms with Crippen LogP contribution in [0.5, 0.6) is 0 Å². The van der Waals surface area contributed by atoms with Crippen molar-refractivity contribution in [2.75, 3.05) is 19.6 Å². The molecule has 0 spiro atoms. The van der Waals surface area contributed by atoms with E-state index in [0.29, 0.717) is 16.7 Å². The van der Waals surface area contributed by atoms with Gasteiger partial charge in [-0.05, 0) is 76.8 Å². The lowest BCUT2D eigenvalue weighted by molar-refractivity contribution is -0.136. The molecule has 0 bridgehead atoms. The van der Waals surface area contributed by atoms with Gasteiger partial charge in [-0.1, -0.05) is 115 Å². The normalized spacial score (nSPS) is 20.1. The predicted molar refractivity (Wildman–Crippen MR) is 287 cm³/mol. The molecular weight excluding hydrogens is 943 g/mol. The zero-order valence-electron chi connectivity index (χ0n) is 41.2. The Labute approximate surface area is 429 Å². The molecular formula is C53H67N15O6. The molecule has 6 amide bonds. The van der Waals surface area contributed by atoms with Crippen LogP contribution >= 0.6 is 0 Å². The summed E-state index contributed by atoms with van der Waals surface area (Å²) in [6.45, 7) is 0.307. The van der Waals surface area contributed by atoms with E-state index in [1.807, 2.05) is 84.9 Å². The van der Waals surface area contributed by atoms with Crippen LogP contribution in [-0.2, 0) is 48.0 Å². The van der Waals surface area contributed by atoms with Gasteiger partial charge in [-0.15, -0.1) is 0 Å². The molecule has 1 heterocycles. The minimum atomic E-state index is -1.32. The topological polar surface area (TPSA) is 368 Å². The number of amides is 6. The van der Waals surface area contributed by atoms with Gasteiger partial charge in [0.05, 0.1) is 0 Å². The van der Waals surface area contributed by atoms with Crippen molar-refractivity contribution in [2.24, 2.45) is 49.4 Å². The smallest absolute Gasteiger partial charge is 0.243 e. The second kappa shape index (κ2) is 27.2. The highest BCUT2D eigenvalue weighted by atomic mass is 16.2. The van der Waals surface area contributed by atoms with Crippen molar-refractivity contribution < 1.29 is 28.8 Å². The molecule has 74 heavy (non-hydrogen) atoms. The molecule has 0 aromatic heterocycles. The molecule has 18 N–H and O–H groups in total. The van der Waals surface area contributed by atoms with Gasteiger partial charge in [-0.2, -0.15) is 0 Å². The molecule has 5 aromatic carbocycles. The summed E-state index contributed by atoms with van der Waals surface area (Å²) in [6, 6.07) is 27.7. The molecule has 6 atom stereocenters. The fourth-order valence-electron chi connectivity index (χ4n) is 8.63. The van der Waals surface area contributed by atoms with Gasteiger partial charge >= 0.3 is 0 Å². The van der Waals surface area contributed by atoms with Crippen molar-refractivity contribution in [3.63, 3.8) is 0 Å². The zero-order valence-corrected chi connectivity index (χ0v) is 41.2. The van der Waals surface area contributed by atoms with Crippen molar-refractivity contribution >= 4 is 74.9 Å². The number of guanidine groups is 3. The van der Waals surface area contributed by atoms with Crippen LogP contribution in [0.1, 0.15) is 55.2 Å². The highest BCUT2D eigenvalue weighted by molar-refractivity contribution is 5.99. The van der Waals surface area contributed by atoms with E-state index in [9.17, 15) is 28.8 Å². The van der Waals surface area contributed by atoms with Gasteiger partial charge in [-0.3, -0.25) is 43.7 Å². The van der Waals surface area contributed by atoms with E-state index in [2.05, 4.69) is 46.9 Å². The highest BCUT2D eigenvalue weighted by Crippen LogP contribution is 2.20. The number of aliphatic imine (C=N–C) groups is 3. The SMILES string of the molecule is NC(N)=NCCC[C@@H]1NC(=O)[C@H](CCCN=C(N)N)NC(=O)[C@H](Cc2ccccc2)NC(=O)[C@H](CCCN=C(N)N)NC(=O)[C@H](Cc2ccc3ccccc3c2)NC(=O)[C@H](Cc2ccc3ccccc3c2)NC1=O. The average Bonchev–Trinajstić information content (AvgIpc) is 3.37. The van der Waals surface area contributed by atoms with E-state index in [1.54, 1.807) is 30.3 Å². The minimum Gasteiger partial charge on any atom is -0.370 e. The number of hydrogen-bond donors (Lipinski definition) is 12. The number of nitrogens with two attached hydrogens (primary N) is 6. The van der Waals surface area contributed by atoms with Crippen LogP contribution in [0.15, 0.2) is 130 Å². The molecule has 6 rings (SSSR count). The molecule has 5 aromatic rings. The van der Waals surface area contributed by atoms with Crippen LogP contribution in [0, 0.1) is 0 Å². The van der Waals surface area contributed by atoms with Crippen LogP contribution in [0.2, 0.25) is 0 Å². The van der Waals surface area contributed by atoms with Crippen LogP contribution in [0.25, 0.3) is 21.5 Å². The van der Waals surface area contributed by atoms with E-state index in [0.717, 1.165) is 21.5 Å². The first kappa shape index (κ1) is 54.6. The van der Waals surface area contributed by atoms with Crippen molar-refractivity contribution in [1.29, 1.82) is 0 Å². The molecule has 1 aliphatic rings. The van der Waals surface area contributed by atoms with E-state index in [1.165, 1.54) is 0 Å². The Hall–Kier alpha value is -8.75. The summed E-state index contributed by atoms with van der Waals surface area (Å²) in [6.07, 6.45) is 0.555. The zero-order chi connectivity index (χ0) is 53.0. The van der Waals surface area contributed by atoms with Gasteiger partial charge in [0.1, 0.15) is 36.3 Å². The first-order chi connectivity index (χ1) is 35.6. The Balaban J connectivity index is 1.45. The number of fused-ring (bicyclic) bond motifs is 2. The Kier molecular flexibility index (Phi) is 20.0. The van der Waals surface area contributed by atoms with Gasteiger partial charge in [0.2, 0.25) is 35.4 Å². The molecule has 0 saturated carbocycles. The summed E-state index contributed by atoms with van der Waals surface area (Å²) in [5, 5.41) is 20.8. The Bertz CT molecular complexity index is 2850. The van der Waals surface area contributed by atoms with E-state index >= 15 is 0 Å². The van der Waals surface area contributed by atoms with Crippen LogP contribution in [-0.4, -0.2) is 109 Å². The summed E-state index contributed by atoms with van der Waals surface area (Å²) >= 11 is 0. The fourth-order valence-corrected chi connectivity index (χ4v) is 8.63. The van der Waals surface area contributed by atoms with E-state index < -0.39 is 71.7 Å². The standard InChI is InChI=1S/C53H67N15O6/c54-51(55)60-24-8-17-39-45(69)63-40(18-9-25-61-52(56)57)46(70)67-44(31-34-21-23-36-14-5-7-16-38(36)28-34)50(74)68-43(30-33-20-22-35-13-4-6-15-37(35)27-33)49(73)65-41(19-10-26-62-53(58)59)47(71)66-42(48(72)64-39)29-32-11-2-1-3-12-32/h1-7,11-16,20-23,27-28,39-44H,8-10,17-19,24-26,29-31H2,(H,63,69)(H,64,72)(H,65,73)(H,66,71)(H,67,70)(H,68,74)(H4,54,55,60)(H4,56,57,61)(H4,58,59,62)/t39-,40-,41-,42-,43-,44-/m0/s1. The molecule has 0 aliphatic carbocycles. The summed E-state index contributed by atoms with van der Waals surface area (Å²) in [5.41, 5.74) is 35.7. The summed E-state index contributed by atoms with van der Waals surface area (Å²) in [5.74, 6) is -4.90. The fraction of sp³-hybridized carbons (Fsp3) is 0.340. The van der Waals surface area contributed by atoms with Gasteiger partial charge in [0.25, 0.3) is 0 Å². The van der Waals surface area contributed by atoms with Crippen LogP contribution in [0.3, 0.4) is 0 Å². The summed E-state index contributed by atoms with van der Waals surface area (Å²) in [4.78, 5) is 101. The van der Waals surface area contributed by atoms with Crippen molar-refractivity contribution in [1.82, 2.24) is 31.9 Å². The van der Waals surface area contributed by atoms with Crippen LogP contribution in [0.4, 0.5) is 0 Å². The van der Waals surface area contributed by atoms with Crippen molar-refractivity contribution in [3.8, 4) is 0 Å². The molecule has 0 unspecified atom stereocenters. The lowest BCUT2D eigenvalue weighted by atomic mass is 9.98. The molecule has 1 saturated heterocycles. The number of nitrogens with zero attached hydrogens (tertiary/aromatic N) is 3. The third kappa shape index (κ3) is 16.9. The van der Waals surface area contributed by atoms with Gasteiger partial charge in [-0.25, -0.2) is 0 Å². The van der Waals surface area contributed by atoms with Crippen molar-refractivity contribution in [3.05, 3.63) is 132 Å². The second-order valence-electron chi connectivity index (χ2n) is 18.2. The first-order valence-electron chi connectivity index (χ1n) is 24.6. The van der Waals surface area contributed by atoms with Gasteiger partial charge in [0, 0.05) is 38.9 Å². The summed E-state index contributed by atoms with van der Waals surface area (Å²) < 4.78 is 0. The van der Waals surface area contributed by atoms with Crippen molar-refractivity contribution in [2.45, 2.75) is 94.0 Å². The maximum absolute atomic E-state index is 15.0. The van der Waals surface area contributed by atoms with Crippen LogP contribution < -0.4 is 66.3 Å². The maximum Gasteiger partial charge on any atom is 0.243 e. The largest absolute Gasteiger partial charge is 0.370 e. The van der Waals surface area contributed by atoms with Gasteiger partial charge in [0.15, 0.2) is 17.9 Å².